The standard InChI is InChI=1S/C20H17Cl2N3O3.C12H11N3O4.C12H13N3O2.C9H5NO4/c1-11(19(23)27)25-8-7-13-14(20(25)28)3-2-4-17(13)24-18(26)10-12-5-6-15(21)16(22)9-12;1-7(11(13)16)14-6-5-8-9(12(14)17)3-2-4-10(8)15(18)19;1-7(11(14)16)15-6-5-8-9(12(15)17)3-2-4-10(8)13;11-9-7-2-1-3-8(10(12)13)6(7)4-5-14-9/h2-9,11H,10H2,1H3,(H2,23,27)(H,24,26);2-7H,1H3,(H2,13,16);2-7H,13H2,1H3,(H2,14,16);1-5H/t11-;2*7-;/m000./s1. The highest BCUT2D eigenvalue weighted by molar-refractivity contribution is 6.42. The van der Waals surface area contributed by atoms with E-state index in [2.05, 4.69) is 9.73 Å². The normalized spacial score (nSPS) is 11.9. The Morgan fingerprint density at radius 2 is 0.974 bits per heavy atom. The average Bonchev–Trinajstić information content (AvgIpc) is 3.52. The number of nitrogens with two attached hydrogens (primary N) is 4. The van der Waals surface area contributed by atoms with E-state index in [-0.39, 0.29) is 51.0 Å². The summed E-state index contributed by atoms with van der Waals surface area (Å²) in [5, 5.41) is 28.2. The molecule has 3 atom stereocenters. The van der Waals surface area contributed by atoms with Gasteiger partial charge in [-0.2, -0.15) is 0 Å². The number of primary amides is 3. The van der Waals surface area contributed by atoms with Crippen LogP contribution in [-0.2, 0) is 25.6 Å². The van der Waals surface area contributed by atoms with Gasteiger partial charge in [-0.15, -0.1) is 0 Å². The zero-order valence-corrected chi connectivity index (χ0v) is 42.8. The molecule has 9 N–H and O–H groups in total. The number of nitro benzene ring substituents is 2. The maximum absolute atomic E-state index is 12.7. The van der Waals surface area contributed by atoms with Crippen molar-refractivity contribution in [2.45, 2.75) is 45.3 Å². The summed E-state index contributed by atoms with van der Waals surface area (Å²) in [5.41, 5.74) is 21.3. The molecule has 0 aliphatic heterocycles. The van der Waals surface area contributed by atoms with Crippen molar-refractivity contribution in [3.8, 4) is 0 Å². The van der Waals surface area contributed by atoms with Crippen LogP contribution >= 0.6 is 23.2 Å². The van der Waals surface area contributed by atoms with Crippen molar-refractivity contribution in [1.29, 1.82) is 0 Å². The molecule has 23 nitrogen and oxygen atoms in total. The SMILES string of the molecule is C[C@@H](C(N)=O)n1ccc2c(N)cccc2c1=O.C[C@@H](C(N)=O)n1ccc2c(NC(=O)Cc3ccc(Cl)c(Cl)c3)cccc2c1=O.C[C@@H](C(N)=O)n1ccc2c([N+](=O)[O-])cccc2c1=O.O=c1occc2c([N+](=O)[O-])cccc12. The second kappa shape index (κ2) is 24.6. The van der Waals surface area contributed by atoms with Crippen molar-refractivity contribution in [1.82, 2.24) is 13.7 Å². The molecule has 0 unspecified atom stereocenters. The summed E-state index contributed by atoms with van der Waals surface area (Å²) in [7, 11) is 0. The molecule has 0 aliphatic rings. The molecule has 5 aromatic carbocycles. The molecule has 78 heavy (non-hydrogen) atoms. The van der Waals surface area contributed by atoms with Gasteiger partial charge in [-0.25, -0.2) is 4.79 Å². The number of hydrogen-bond donors (Lipinski definition) is 5. The number of nitro groups is 2. The fourth-order valence-electron chi connectivity index (χ4n) is 7.80. The maximum atomic E-state index is 12.7. The summed E-state index contributed by atoms with van der Waals surface area (Å²) in [6, 6.07) is 27.6. The molecule has 0 bridgehead atoms. The van der Waals surface area contributed by atoms with Crippen molar-refractivity contribution in [3.05, 3.63) is 217 Å². The summed E-state index contributed by atoms with van der Waals surface area (Å²) in [6.45, 7) is 4.63. The number of amides is 4. The number of anilines is 2. The largest absolute Gasteiger partial charge is 0.431 e. The van der Waals surface area contributed by atoms with Gasteiger partial charge in [0.25, 0.3) is 28.1 Å². The lowest BCUT2D eigenvalue weighted by Crippen LogP contribution is -2.31. The highest BCUT2D eigenvalue weighted by Crippen LogP contribution is 2.27. The first-order chi connectivity index (χ1) is 36.9. The van der Waals surface area contributed by atoms with E-state index in [1.165, 1.54) is 83.2 Å². The lowest BCUT2D eigenvalue weighted by molar-refractivity contribution is -0.383. The highest BCUT2D eigenvalue weighted by Gasteiger charge is 2.20. The molecular weight excluding hydrogens is 1060 g/mol. The zero-order valence-electron chi connectivity index (χ0n) is 41.3. The third kappa shape index (κ3) is 12.7. The number of carbonyl (C=O) groups excluding carboxylic acids is 4. The van der Waals surface area contributed by atoms with E-state index in [1.807, 2.05) is 0 Å². The lowest BCUT2D eigenvalue weighted by Gasteiger charge is -2.14. The maximum Gasteiger partial charge on any atom is 0.343 e. The second-order valence-electron chi connectivity index (χ2n) is 17.1. The number of benzene rings is 5. The van der Waals surface area contributed by atoms with Crippen molar-refractivity contribution in [2.75, 3.05) is 11.1 Å². The quantitative estimate of drug-likeness (QED) is 0.0504. The van der Waals surface area contributed by atoms with Crippen LogP contribution in [0.2, 0.25) is 10.0 Å². The molecule has 9 aromatic rings. The average molecular weight is 1100 g/mol. The van der Waals surface area contributed by atoms with Gasteiger partial charge in [0.05, 0.1) is 54.1 Å². The van der Waals surface area contributed by atoms with Crippen molar-refractivity contribution >= 4 is 113 Å². The molecule has 9 rings (SSSR count). The lowest BCUT2D eigenvalue weighted by atomic mass is 10.1. The number of rotatable bonds is 11. The van der Waals surface area contributed by atoms with Gasteiger partial charge in [0.2, 0.25) is 23.6 Å². The molecule has 400 valence electrons. The third-order valence-electron chi connectivity index (χ3n) is 12.1. The van der Waals surface area contributed by atoms with Crippen LogP contribution in [0, 0.1) is 20.2 Å². The van der Waals surface area contributed by atoms with E-state index in [4.69, 9.17) is 46.1 Å². The number of fused-ring (bicyclic) bond motifs is 4. The van der Waals surface area contributed by atoms with Gasteiger partial charge in [0.1, 0.15) is 18.1 Å². The first-order valence-electron chi connectivity index (χ1n) is 23.0. The number of hydrogen-bond acceptors (Lipinski definition) is 14. The molecule has 0 fully saturated rings. The minimum Gasteiger partial charge on any atom is -0.431 e. The molecular formula is C53H46Cl2N10O13. The number of aromatic nitrogens is 3. The van der Waals surface area contributed by atoms with Crippen LogP contribution in [0.1, 0.15) is 44.5 Å². The van der Waals surface area contributed by atoms with Crippen molar-refractivity contribution in [2.24, 2.45) is 17.2 Å². The molecule has 0 saturated heterocycles. The summed E-state index contributed by atoms with van der Waals surface area (Å²) in [5.74, 6) is -2.06. The minimum atomic E-state index is -0.809. The van der Waals surface area contributed by atoms with Crippen LogP contribution in [0.15, 0.2) is 164 Å². The molecule has 4 aromatic heterocycles. The first-order valence-corrected chi connectivity index (χ1v) is 23.8. The van der Waals surface area contributed by atoms with Gasteiger partial charge in [0.15, 0.2) is 0 Å². The molecule has 0 radical (unpaired) electrons. The molecule has 4 amide bonds. The Balaban J connectivity index is 0.000000174. The zero-order chi connectivity index (χ0) is 57.3. The monoisotopic (exact) mass is 1100 g/mol. The van der Waals surface area contributed by atoms with Crippen LogP contribution in [0.5, 0.6) is 0 Å². The van der Waals surface area contributed by atoms with E-state index >= 15 is 0 Å². The number of nitrogen functional groups attached to an aromatic ring is 1. The van der Waals surface area contributed by atoms with E-state index in [1.54, 1.807) is 80.6 Å². The summed E-state index contributed by atoms with van der Waals surface area (Å²) >= 11 is 11.9. The molecule has 25 heteroatoms. The predicted octanol–water partition coefficient (Wildman–Crippen LogP) is 6.82. The Kier molecular flexibility index (Phi) is 18.0. The van der Waals surface area contributed by atoms with Gasteiger partial charge in [-0.1, -0.05) is 53.5 Å². The van der Waals surface area contributed by atoms with Gasteiger partial charge < -0.3 is 46.4 Å². The Morgan fingerprint density at radius 3 is 1.46 bits per heavy atom. The molecule has 0 saturated carbocycles. The van der Waals surface area contributed by atoms with Crippen LogP contribution in [0.4, 0.5) is 22.7 Å². The topological polar surface area (TPSA) is 367 Å². The van der Waals surface area contributed by atoms with Crippen molar-refractivity contribution < 1.29 is 33.4 Å². The van der Waals surface area contributed by atoms with E-state index in [9.17, 15) is 58.6 Å². The van der Waals surface area contributed by atoms with E-state index < -0.39 is 56.9 Å². The van der Waals surface area contributed by atoms with Crippen LogP contribution in [-0.4, -0.2) is 47.2 Å². The Labute approximate surface area is 449 Å². The smallest absolute Gasteiger partial charge is 0.343 e. The van der Waals surface area contributed by atoms with Gasteiger partial charge in [0, 0.05) is 63.6 Å². The Bertz CT molecular complexity index is 4120. The summed E-state index contributed by atoms with van der Waals surface area (Å²) < 4.78 is 8.34. The van der Waals surface area contributed by atoms with Gasteiger partial charge in [-0.05, 0) is 99.1 Å². The highest BCUT2D eigenvalue weighted by atomic mass is 35.5. The van der Waals surface area contributed by atoms with Crippen LogP contribution < -0.4 is 50.6 Å². The minimum absolute atomic E-state index is 0.0876. The number of nitrogens with one attached hydrogen (secondary N) is 1. The van der Waals surface area contributed by atoms with Crippen molar-refractivity contribution in [3.63, 3.8) is 0 Å². The van der Waals surface area contributed by atoms with E-state index in [0.717, 1.165) is 10.8 Å². The Hall–Kier alpha value is -10.0. The number of pyridine rings is 3. The fourth-order valence-corrected chi connectivity index (χ4v) is 8.12. The fraction of sp³-hybridized carbons (Fsp3) is 0.132. The number of nitrogens with zero attached hydrogens (tertiary/aromatic N) is 5. The Morgan fingerprint density at radius 1 is 0.551 bits per heavy atom. The predicted molar refractivity (Wildman–Crippen MR) is 295 cm³/mol. The van der Waals surface area contributed by atoms with Gasteiger partial charge >= 0.3 is 5.63 Å². The van der Waals surface area contributed by atoms with Crippen LogP contribution in [0.25, 0.3) is 43.1 Å². The molecule has 4 heterocycles. The van der Waals surface area contributed by atoms with Crippen LogP contribution in [0.3, 0.4) is 0 Å². The third-order valence-corrected chi connectivity index (χ3v) is 12.9. The second-order valence-corrected chi connectivity index (χ2v) is 17.9. The number of non-ortho nitro benzene ring substituents is 2. The summed E-state index contributed by atoms with van der Waals surface area (Å²) in [4.78, 5) is 115. The number of halogens is 2. The van der Waals surface area contributed by atoms with Gasteiger partial charge in [-0.3, -0.25) is 53.8 Å². The van der Waals surface area contributed by atoms with E-state index in [0.29, 0.717) is 53.9 Å². The first kappa shape index (κ1) is 57.3. The molecule has 0 spiro atoms. The number of carbonyl (C=O) groups is 4. The summed E-state index contributed by atoms with van der Waals surface area (Å²) in [6.07, 6.45) is 5.62. The molecule has 0 aliphatic carbocycles.